The molecule has 0 unspecified atom stereocenters. The summed E-state index contributed by atoms with van der Waals surface area (Å²) in [6, 6.07) is 0. The van der Waals surface area contributed by atoms with E-state index in [4.69, 9.17) is 4.74 Å². The normalized spacial score (nSPS) is 12.4. The highest BCUT2D eigenvalue weighted by Gasteiger charge is 1.75. The average molecular weight is 136 g/mol. The van der Waals surface area contributed by atoms with E-state index in [-0.39, 0.29) is 0 Å². The Labute approximate surface area is 62.0 Å². The van der Waals surface area contributed by atoms with Gasteiger partial charge in [0.15, 0.2) is 0 Å². The molecule has 0 aromatic heterocycles. The first-order valence-corrected chi connectivity index (χ1v) is 3.08. The van der Waals surface area contributed by atoms with Gasteiger partial charge in [-0.15, -0.1) is 0 Å². The van der Waals surface area contributed by atoms with Gasteiger partial charge in [0.1, 0.15) is 6.61 Å². The maximum atomic E-state index is 4.80. The van der Waals surface area contributed by atoms with Crippen LogP contribution in [-0.2, 0) is 4.74 Å². The van der Waals surface area contributed by atoms with Crippen LogP contribution in [0.5, 0.6) is 0 Å². The predicted molar refractivity (Wildman–Crippen MR) is 44.6 cm³/mol. The van der Waals surface area contributed by atoms with Gasteiger partial charge in [-0.1, -0.05) is 31.4 Å². The zero-order chi connectivity index (χ0) is 7.66. The molecule has 0 aromatic carbocycles. The van der Waals surface area contributed by atoms with Crippen molar-refractivity contribution in [3.05, 3.63) is 49.8 Å². The number of allylic oxidation sites excluding steroid dienone is 4. The third-order valence-electron chi connectivity index (χ3n) is 0.781. The molecule has 1 rings (SSSR count). The van der Waals surface area contributed by atoms with Crippen molar-refractivity contribution in [2.24, 2.45) is 0 Å². The van der Waals surface area contributed by atoms with E-state index in [1.807, 2.05) is 18.2 Å². The van der Waals surface area contributed by atoms with Crippen LogP contribution in [0.15, 0.2) is 49.8 Å². The molecule has 1 nitrogen and oxygen atoms in total. The van der Waals surface area contributed by atoms with Crippen molar-refractivity contribution in [3.63, 3.8) is 0 Å². The summed E-state index contributed by atoms with van der Waals surface area (Å²) < 4.78 is 4.80. The molecule has 0 aliphatic carbocycles. The zero-order valence-corrected chi connectivity index (χ0v) is 5.99. The summed E-state index contributed by atoms with van der Waals surface area (Å²) in [7, 11) is 0. The Morgan fingerprint density at radius 3 is 2.00 bits per heavy atom. The predicted octanol–water partition coefficient (Wildman–Crippen LogP) is 2.44. The minimum Gasteiger partial charge on any atom is -0.497 e. The fraction of sp³-hybridized carbons (Fsp3) is 0.111. The van der Waals surface area contributed by atoms with Crippen LogP contribution < -0.4 is 0 Å². The second-order valence-electron chi connectivity index (χ2n) is 1.56. The number of rotatable bonds is 1. The number of ether oxygens (including phenoxy) is 1. The van der Waals surface area contributed by atoms with Crippen LogP contribution in [0.3, 0.4) is 0 Å². The largest absolute Gasteiger partial charge is 0.497 e. The Bertz CT molecular complexity index is 125. The fourth-order valence-electron chi connectivity index (χ4n) is 0.346. The number of hydrogen-bond donors (Lipinski definition) is 0. The van der Waals surface area contributed by atoms with Gasteiger partial charge in [-0.25, -0.2) is 0 Å². The lowest BCUT2D eigenvalue weighted by molar-refractivity contribution is 0.286. The van der Waals surface area contributed by atoms with Gasteiger partial charge in [-0.05, 0) is 12.2 Å². The van der Waals surface area contributed by atoms with Crippen LogP contribution in [0.4, 0.5) is 0 Å². The van der Waals surface area contributed by atoms with E-state index in [0.29, 0.717) is 0 Å². The minimum atomic E-state index is 0.733. The average Bonchev–Trinajstić information content (AvgIpc) is 2.08. The van der Waals surface area contributed by atoms with Crippen LogP contribution in [0.2, 0.25) is 0 Å². The van der Waals surface area contributed by atoms with Gasteiger partial charge in [0.05, 0.1) is 6.26 Å². The number of hydrogen-bond acceptors (Lipinski definition) is 1. The first-order chi connectivity index (χ1) is 4.91. The summed E-state index contributed by atoms with van der Waals surface area (Å²) >= 11 is 0. The van der Waals surface area contributed by atoms with Crippen molar-refractivity contribution in [3.8, 4) is 0 Å². The summed E-state index contributed by atoms with van der Waals surface area (Å²) in [4.78, 5) is 0. The third kappa shape index (κ3) is 6.76. The van der Waals surface area contributed by atoms with E-state index in [1.54, 1.807) is 18.4 Å². The Hall–Kier alpha value is -1.24. The molecule has 0 fully saturated rings. The minimum absolute atomic E-state index is 0.733. The summed E-state index contributed by atoms with van der Waals surface area (Å²) in [5.74, 6) is 0. The van der Waals surface area contributed by atoms with Crippen molar-refractivity contribution in [1.82, 2.24) is 0 Å². The van der Waals surface area contributed by atoms with Crippen molar-refractivity contribution >= 4 is 0 Å². The molecular formula is C9H12O. The SMILES string of the molecule is C1=CCOC=C1.C=CC=C. The van der Waals surface area contributed by atoms with Gasteiger partial charge in [0.25, 0.3) is 0 Å². The van der Waals surface area contributed by atoms with E-state index in [9.17, 15) is 0 Å². The molecule has 0 atom stereocenters. The van der Waals surface area contributed by atoms with Gasteiger partial charge < -0.3 is 4.74 Å². The Morgan fingerprint density at radius 1 is 1.20 bits per heavy atom. The van der Waals surface area contributed by atoms with Gasteiger partial charge >= 0.3 is 0 Å². The van der Waals surface area contributed by atoms with Gasteiger partial charge in [0, 0.05) is 0 Å². The molecule has 1 aliphatic heterocycles. The van der Waals surface area contributed by atoms with E-state index < -0.39 is 0 Å². The summed E-state index contributed by atoms with van der Waals surface area (Å²) in [6.07, 6.45) is 10.7. The Morgan fingerprint density at radius 2 is 1.90 bits per heavy atom. The second kappa shape index (κ2) is 7.76. The monoisotopic (exact) mass is 136 g/mol. The lowest BCUT2D eigenvalue weighted by Crippen LogP contribution is -1.82. The first kappa shape index (κ1) is 8.76. The molecule has 54 valence electrons. The van der Waals surface area contributed by atoms with E-state index >= 15 is 0 Å². The van der Waals surface area contributed by atoms with Crippen molar-refractivity contribution < 1.29 is 4.74 Å². The Balaban J connectivity index is 0.000000180. The van der Waals surface area contributed by atoms with Crippen LogP contribution in [0.1, 0.15) is 0 Å². The molecule has 1 heterocycles. The molecule has 0 aromatic rings. The fourth-order valence-corrected chi connectivity index (χ4v) is 0.346. The van der Waals surface area contributed by atoms with Crippen LogP contribution in [-0.4, -0.2) is 6.61 Å². The summed E-state index contributed by atoms with van der Waals surface area (Å²) in [6.45, 7) is 7.45. The van der Waals surface area contributed by atoms with Crippen molar-refractivity contribution in [2.75, 3.05) is 6.61 Å². The van der Waals surface area contributed by atoms with Gasteiger partial charge in [-0.2, -0.15) is 0 Å². The molecule has 0 bridgehead atoms. The summed E-state index contributed by atoms with van der Waals surface area (Å²) in [5, 5.41) is 0. The van der Waals surface area contributed by atoms with E-state index in [2.05, 4.69) is 13.2 Å². The standard InChI is InChI=1S/C5H6O.C4H6/c1-2-4-6-5-3-1;1-3-4-2/h1-4H,5H2;3-4H,1-2H2. The topological polar surface area (TPSA) is 9.23 Å². The quantitative estimate of drug-likeness (QED) is 0.503. The highest BCUT2D eigenvalue weighted by atomic mass is 16.5. The highest BCUT2D eigenvalue weighted by Crippen LogP contribution is 1.87. The van der Waals surface area contributed by atoms with Crippen LogP contribution >= 0.6 is 0 Å². The van der Waals surface area contributed by atoms with Crippen molar-refractivity contribution in [2.45, 2.75) is 0 Å². The van der Waals surface area contributed by atoms with Crippen LogP contribution in [0, 0.1) is 0 Å². The smallest absolute Gasteiger partial charge is 0.106 e. The lowest BCUT2D eigenvalue weighted by Gasteiger charge is -1.94. The van der Waals surface area contributed by atoms with Crippen molar-refractivity contribution in [1.29, 1.82) is 0 Å². The van der Waals surface area contributed by atoms with E-state index in [1.165, 1.54) is 0 Å². The van der Waals surface area contributed by atoms with Crippen LogP contribution in [0.25, 0.3) is 0 Å². The molecule has 0 saturated carbocycles. The first-order valence-electron chi connectivity index (χ1n) is 3.08. The molecule has 0 radical (unpaired) electrons. The zero-order valence-electron chi connectivity index (χ0n) is 5.99. The molecule has 1 aliphatic rings. The summed E-state index contributed by atoms with van der Waals surface area (Å²) in [5.41, 5.74) is 0. The third-order valence-corrected chi connectivity index (χ3v) is 0.781. The molecule has 0 N–H and O–H groups in total. The van der Waals surface area contributed by atoms with E-state index in [0.717, 1.165) is 6.61 Å². The molecule has 0 spiro atoms. The Kier molecular flexibility index (Phi) is 6.80. The second-order valence-corrected chi connectivity index (χ2v) is 1.56. The lowest BCUT2D eigenvalue weighted by atomic mass is 10.5. The van der Waals surface area contributed by atoms with Gasteiger partial charge in [0.2, 0.25) is 0 Å². The molecule has 0 amide bonds. The maximum absolute atomic E-state index is 4.80. The molecular weight excluding hydrogens is 124 g/mol. The maximum Gasteiger partial charge on any atom is 0.106 e. The molecule has 1 heteroatoms. The van der Waals surface area contributed by atoms with Gasteiger partial charge in [-0.3, -0.25) is 0 Å². The molecule has 0 saturated heterocycles. The molecule has 10 heavy (non-hydrogen) atoms. The highest BCUT2D eigenvalue weighted by molar-refractivity contribution is 5.02.